The zero-order valence-corrected chi connectivity index (χ0v) is 11.2. The van der Waals surface area contributed by atoms with Crippen LogP contribution in [-0.4, -0.2) is 35.7 Å². The molecular formula is C13H13N7O. The van der Waals surface area contributed by atoms with Crippen molar-refractivity contribution >= 4 is 17.4 Å². The highest BCUT2D eigenvalue weighted by molar-refractivity contribution is 5.91. The van der Waals surface area contributed by atoms with Crippen LogP contribution in [0.5, 0.6) is 0 Å². The summed E-state index contributed by atoms with van der Waals surface area (Å²) in [7, 11) is 0. The first kappa shape index (κ1) is 12.0. The summed E-state index contributed by atoms with van der Waals surface area (Å²) in [5, 5.41) is 18.4. The molecule has 1 aliphatic rings. The number of aromatic nitrogens is 6. The largest absolute Gasteiger partial charge is 0.293 e. The summed E-state index contributed by atoms with van der Waals surface area (Å²) in [6.07, 6.45) is 5.91. The standard InChI is InChI=1S/C13H13N7O/c21-12(15-13-16-17-18-20(13)10-4-5-10)7-9-8-14-19-6-2-1-3-11(9)19/h1-3,6,8,10H,4-5,7H2,(H,15,16,18,21). The smallest absolute Gasteiger partial charge is 0.249 e. The Morgan fingerprint density at radius 3 is 3.14 bits per heavy atom. The maximum atomic E-state index is 12.2. The molecule has 3 heterocycles. The number of carbonyl (C=O) groups is 1. The van der Waals surface area contributed by atoms with Gasteiger partial charge in [-0.3, -0.25) is 10.1 Å². The molecule has 4 rings (SSSR count). The summed E-state index contributed by atoms with van der Waals surface area (Å²) in [6, 6.07) is 6.08. The maximum Gasteiger partial charge on any atom is 0.249 e. The molecule has 0 radical (unpaired) electrons. The molecular weight excluding hydrogens is 270 g/mol. The molecule has 106 valence electrons. The van der Waals surface area contributed by atoms with E-state index in [2.05, 4.69) is 25.9 Å². The van der Waals surface area contributed by atoms with Crippen molar-refractivity contribution in [3.63, 3.8) is 0 Å². The summed E-state index contributed by atoms with van der Waals surface area (Å²) in [5.74, 6) is 0.268. The molecule has 0 atom stereocenters. The number of hydrogen-bond donors (Lipinski definition) is 1. The van der Waals surface area contributed by atoms with Gasteiger partial charge in [0.05, 0.1) is 24.2 Å². The Labute approximate surface area is 119 Å². The molecule has 1 amide bonds. The van der Waals surface area contributed by atoms with Crippen LogP contribution in [-0.2, 0) is 11.2 Å². The fraction of sp³-hybridized carbons (Fsp3) is 0.308. The van der Waals surface area contributed by atoms with Crippen molar-refractivity contribution in [1.29, 1.82) is 0 Å². The third-order valence-electron chi connectivity index (χ3n) is 3.49. The molecule has 0 aliphatic heterocycles. The van der Waals surface area contributed by atoms with Crippen LogP contribution in [0.15, 0.2) is 30.6 Å². The number of fused-ring (bicyclic) bond motifs is 1. The molecule has 0 unspecified atom stereocenters. The highest BCUT2D eigenvalue weighted by Crippen LogP contribution is 2.35. The van der Waals surface area contributed by atoms with Gasteiger partial charge in [-0.2, -0.15) is 5.10 Å². The number of hydrogen-bond acceptors (Lipinski definition) is 5. The van der Waals surface area contributed by atoms with Gasteiger partial charge < -0.3 is 0 Å². The van der Waals surface area contributed by atoms with Crippen LogP contribution in [0.1, 0.15) is 24.4 Å². The van der Waals surface area contributed by atoms with Gasteiger partial charge in [0.2, 0.25) is 11.9 Å². The van der Waals surface area contributed by atoms with E-state index in [0.717, 1.165) is 23.9 Å². The molecule has 0 bridgehead atoms. The van der Waals surface area contributed by atoms with Crippen LogP contribution in [0.4, 0.5) is 5.95 Å². The number of rotatable bonds is 4. The highest BCUT2D eigenvalue weighted by atomic mass is 16.1. The van der Waals surface area contributed by atoms with Crippen molar-refractivity contribution in [1.82, 2.24) is 29.8 Å². The second-order valence-electron chi connectivity index (χ2n) is 5.10. The molecule has 1 fully saturated rings. The Balaban J connectivity index is 1.51. The molecule has 1 N–H and O–H groups in total. The summed E-state index contributed by atoms with van der Waals surface area (Å²) in [5.41, 5.74) is 1.80. The Bertz CT molecular complexity index is 802. The number of pyridine rings is 1. The van der Waals surface area contributed by atoms with E-state index in [1.165, 1.54) is 0 Å². The number of anilines is 1. The van der Waals surface area contributed by atoms with E-state index in [9.17, 15) is 4.79 Å². The van der Waals surface area contributed by atoms with Gasteiger partial charge in [0.15, 0.2) is 0 Å². The topological polar surface area (TPSA) is 90.0 Å². The van der Waals surface area contributed by atoms with E-state index < -0.39 is 0 Å². The number of nitrogens with one attached hydrogen (secondary N) is 1. The fourth-order valence-corrected chi connectivity index (χ4v) is 2.31. The summed E-state index contributed by atoms with van der Waals surface area (Å²) >= 11 is 0. The molecule has 3 aromatic heterocycles. The Morgan fingerprint density at radius 1 is 1.38 bits per heavy atom. The predicted molar refractivity (Wildman–Crippen MR) is 73.6 cm³/mol. The number of carbonyl (C=O) groups excluding carboxylic acids is 1. The zero-order chi connectivity index (χ0) is 14.2. The summed E-state index contributed by atoms with van der Waals surface area (Å²) < 4.78 is 3.42. The van der Waals surface area contributed by atoms with Gasteiger partial charge in [-0.15, -0.1) is 0 Å². The van der Waals surface area contributed by atoms with Crippen LogP contribution >= 0.6 is 0 Å². The maximum absolute atomic E-state index is 12.2. The minimum atomic E-state index is -0.148. The van der Waals surface area contributed by atoms with Crippen molar-refractivity contribution in [3.8, 4) is 0 Å². The van der Waals surface area contributed by atoms with Crippen LogP contribution < -0.4 is 5.32 Å². The van der Waals surface area contributed by atoms with Crippen molar-refractivity contribution in [2.24, 2.45) is 0 Å². The average molecular weight is 283 g/mol. The summed E-state index contributed by atoms with van der Waals surface area (Å²) in [6.45, 7) is 0. The van der Waals surface area contributed by atoms with E-state index in [1.807, 2.05) is 24.4 Å². The second-order valence-corrected chi connectivity index (χ2v) is 5.10. The van der Waals surface area contributed by atoms with Gasteiger partial charge in [-0.05, 0) is 35.4 Å². The van der Waals surface area contributed by atoms with Crippen LogP contribution in [0.3, 0.4) is 0 Å². The second kappa shape index (κ2) is 4.65. The Hall–Kier alpha value is -2.77. The number of nitrogens with zero attached hydrogens (tertiary/aromatic N) is 6. The average Bonchev–Trinajstić information content (AvgIpc) is 3.11. The highest BCUT2D eigenvalue weighted by Gasteiger charge is 2.28. The van der Waals surface area contributed by atoms with E-state index in [1.54, 1.807) is 15.4 Å². The molecule has 3 aromatic rings. The van der Waals surface area contributed by atoms with E-state index in [4.69, 9.17) is 0 Å². The first-order valence-corrected chi connectivity index (χ1v) is 6.80. The molecule has 1 aliphatic carbocycles. The lowest BCUT2D eigenvalue weighted by atomic mass is 10.2. The van der Waals surface area contributed by atoms with Gasteiger partial charge in [-0.1, -0.05) is 11.2 Å². The van der Waals surface area contributed by atoms with Crippen LogP contribution in [0.2, 0.25) is 0 Å². The van der Waals surface area contributed by atoms with Crippen molar-refractivity contribution in [3.05, 3.63) is 36.2 Å². The fourth-order valence-electron chi connectivity index (χ4n) is 2.31. The molecule has 0 aromatic carbocycles. The SMILES string of the molecule is O=C(Cc1cnn2ccccc12)Nc1nnnn1C1CC1. The number of amides is 1. The van der Waals surface area contributed by atoms with Crippen molar-refractivity contribution < 1.29 is 4.79 Å². The lowest BCUT2D eigenvalue weighted by molar-refractivity contribution is -0.115. The third kappa shape index (κ3) is 2.24. The lowest BCUT2D eigenvalue weighted by Crippen LogP contribution is -2.18. The van der Waals surface area contributed by atoms with E-state index in [0.29, 0.717) is 12.0 Å². The first-order chi connectivity index (χ1) is 10.3. The minimum absolute atomic E-state index is 0.148. The quantitative estimate of drug-likeness (QED) is 0.766. The molecule has 8 nitrogen and oxygen atoms in total. The van der Waals surface area contributed by atoms with Crippen molar-refractivity contribution in [2.75, 3.05) is 5.32 Å². The Morgan fingerprint density at radius 2 is 2.29 bits per heavy atom. The zero-order valence-electron chi connectivity index (χ0n) is 11.2. The number of tetrazole rings is 1. The van der Waals surface area contributed by atoms with E-state index >= 15 is 0 Å². The molecule has 21 heavy (non-hydrogen) atoms. The predicted octanol–water partition coefficient (Wildman–Crippen LogP) is 0.837. The van der Waals surface area contributed by atoms with Crippen LogP contribution in [0, 0.1) is 0 Å². The molecule has 1 saturated carbocycles. The molecule has 0 saturated heterocycles. The van der Waals surface area contributed by atoms with Gasteiger partial charge in [-0.25, -0.2) is 9.20 Å². The Kier molecular flexibility index (Phi) is 2.66. The van der Waals surface area contributed by atoms with Gasteiger partial charge in [0.25, 0.3) is 0 Å². The van der Waals surface area contributed by atoms with Crippen LogP contribution in [0.25, 0.3) is 5.52 Å². The van der Waals surface area contributed by atoms with Gasteiger partial charge >= 0.3 is 0 Å². The molecule has 8 heteroatoms. The first-order valence-electron chi connectivity index (χ1n) is 6.80. The van der Waals surface area contributed by atoms with Gasteiger partial charge in [0, 0.05) is 11.8 Å². The summed E-state index contributed by atoms with van der Waals surface area (Å²) in [4.78, 5) is 12.2. The minimum Gasteiger partial charge on any atom is -0.293 e. The third-order valence-corrected chi connectivity index (χ3v) is 3.49. The lowest BCUT2D eigenvalue weighted by Gasteiger charge is -2.04. The van der Waals surface area contributed by atoms with Gasteiger partial charge in [0.1, 0.15) is 0 Å². The normalized spacial score (nSPS) is 14.5. The van der Waals surface area contributed by atoms with Crippen molar-refractivity contribution in [2.45, 2.75) is 25.3 Å². The van der Waals surface area contributed by atoms with E-state index in [-0.39, 0.29) is 12.3 Å². The monoisotopic (exact) mass is 283 g/mol. The molecule has 0 spiro atoms.